The first-order valence-electron chi connectivity index (χ1n) is 8.57. The van der Waals surface area contributed by atoms with Gasteiger partial charge in [0.15, 0.2) is 0 Å². The maximum absolute atomic E-state index is 12.9. The van der Waals surface area contributed by atoms with Crippen molar-refractivity contribution in [2.45, 2.75) is 13.5 Å². The average Bonchev–Trinajstić information content (AvgIpc) is 3.27. The van der Waals surface area contributed by atoms with E-state index in [9.17, 15) is 14.4 Å². The molecule has 3 rings (SSSR count). The number of aromatic nitrogens is 1. The van der Waals surface area contributed by atoms with Crippen molar-refractivity contribution in [2.75, 3.05) is 32.9 Å². The summed E-state index contributed by atoms with van der Waals surface area (Å²) < 4.78 is 12.4. The largest absolute Gasteiger partial charge is 0.463 e. The molecule has 0 radical (unpaired) electrons. The lowest BCUT2D eigenvalue weighted by Crippen LogP contribution is -2.45. The standard InChI is InChI=1S/C18H20N2O5S2/c1-2-25-17(22)11-16-20(12-15(21)19-5-7-24-8-6-19)18(23)14(27-16)10-13-4-3-9-26-13/h3-4,9-11H,2,5-8,12H2,1H3. The molecule has 0 atom stereocenters. The van der Waals surface area contributed by atoms with Gasteiger partial charge in [0.05, 0.1) is 30.4 Å². The second-order valence-corrected chi connectivity index (χ2v) is 7.79. The Kier molecular flexibility index (Phi) is 6.59. The molecule has 3 heterocycles. The fourth-order valence-corrected chi connectivity index (χ4v) is 4.38. The van der Waals surface area contributed by atoms with E-state index in [1.165, 1.54) is 33.3 Å². The molecule has 1 aliphatic rings. The van der Waals surface area contributed by atoms with Gasteiger partial charge in [0.1, 0.15) is 11.2 Å². The molecule has 9 heteroatoms. The number of ether oxygens (including phenoxy) is 2. The van der Waals surface area contributed by atoms with Crippen LogP contribution in [0.15, 0.2) is 22.3 Å². The van der Waals surface area contributed by atoms with E-state index in [1.807, 2.05) is 17.5 Å². The third-order valence-electron chi connectivity index (χ3n) is 3.94. The van der Waals surface area contributed by atoms with Crippen LogP contribution in [0.5, 0.6) is 0 Å². The summed E-state index contributed by atoms with van der Waals surface area (Å²) in [5.41, 5.74) is -0.287. The van der Waals surface area contributed by atoms with Crippen LogP contribution in [0.1, 0.15) is 11.8 Å². The summed E-state index contributed by atoms with van der Waals surface area (Å²) in [5, 5.41) is 1.92. The summed E-state index contributed by atoms with van der Waals surface area (Å²) in [6.07, 6.45) is 3.05. The van der Waals surface area contributed by atoms with Crippen LogP contribution < -0.4 is 14.8 Å². The quantitative estimate of drug-likeness (QED) is 0.651. The van der Waals surface area contributed by atoms with Gasteiger partial charge in [-0.2, -0.15) is 0 Å². The number of carbonyl (C=O) groups is 2. The van der Waals surface area contributed by atoms with Gasteiger partial charge in [-0.3, -0.25) is 14.2 Å². The van der Waals surface area contributed by atoms with E-state index in [0.717, 1.165) is 4.88 Å². The molecule has 0 N–H and O–H groups in total. The number of esters is 1. The van der Waals surface area contributed by atoms with Gasteiger partial charge in [-0.05, 0) is 24.4 Å². The maximum Gasteiger partial charge on any atom is 0.333 e. The minimum absolute atomic E-state index is 0.112. The SMILES string of the molecule is CCOC(=O)C=c1sc(=Cc2cccs2)c(=O)n1CC(=O)N1CCOCC1. The molecular weight excluding hydrogens is 388 g/mol. The van der Waals surface area contributed by atoms with Gasteiger partial charge in [-0.25, -0.2) is 4.79 Å². The highest BCUT2D eigenvalue weighted by molar-refractivity contribution is 7.11. The minimum Gasteiger partial charge on any atom is -0.463 e. The predicted molar refractivity (Wildman–Crippen MR) is 104 cm³/mol. The minimum atomic E-state index is -0.533. The third-order valence-corrected chi connectivity index (χ3v) is 5.82. The van der Waals surface area contributed by atoms with Crippen molar-refractivity contribution < 1.29 is 19.1 Å². The summed E-state index contributed by atoms with van der Waals surface area (Å²) in [6, 6.07) is 3.80. The number of thiazole rings is 1. The molecule has 144 valence electrons. The Morgan fingerprint density at radius 2 is 2.11 bits per heavy atom. The molecule has 0 saturated carbocycles. The Hall–Kier alpha value is -2.23. The van der Waals surface area contributed by atoms with Gasteiger partial charge >= 0.3 is 5.97 Å². The van der Waals surface area contributed by atoms with Gasteiger partial charge in [0, 0.05) is 18.0 Å². The van der Waals surface area contributed by atoms with Crippen LogP contribution in [-0.2, 0) is 25.6 Å². The highest BCUT2D eigenvalue weighted by atomic mass is 32.1. The molecule has 2 aromatic rings. The lowest BCUT2D eigenvalue weighted by atomic mass is 10.4. The topological polar surface area (TPSA) is 77.8 Å². The van der Waals surface area contributed by atoms with Crippen molar-refractivity contribution in [3.63, 3.8) is 0 Å². The molecule has 1 fully saturated rings. The molecule has 0 unspecified atom stereocenters. The maximum atomic E-state index is 12.9. The Morgan fingerprint density at radius 3 is 2.78 bits per heavy atom. The van der Waals surface area contributed by atoms with E-state index in [-0.39, 0.29) is 24.6 Å². The first-order valence-corrected chi connectivity index (χ1v) is 10.3. The first-order chi connectivity index (χ1) is 13.1. The predicted octanol–water partition coefficient (Wildman–Crippen LogP) is 0.00250. The van der Waals surface area contributed by atoms with Crippen molar-refractivity contribution in [1.82, 2.24) is 9.47 Å². The normalized spacial score (nSPS) is 16.0. The number of nitrogens with zero attached hydrogens (tertiary/aromatic N) is 2. The van der Waals surface area contributed by atoms with Crippen LogP contribution in [0.2, 0.25) is 0 Å². The highest BCUT2D eigenvalue weighted by Gasteiger charge is 2.19. The third kappa shape index (κ3) is 4.94. The van der Waals surface area contributed by atoms with Gasteiger partial charge in [-0.15, -0.1) is 22.7 Å². The van der Waals surface area contributed by atoms with Gasteiger partial charge in [-0.1, -0.05) is 6.07 Å². The van der Waals surface area contributed by atoms with Crippen LogP contribution in [0.3, 0.4) is 0 Å². The molecule has 1 aliphatic heterocycles. The van der Waals surface area contributed by atoms with Crippen LogP contribution in [0.4, 0.5) is 0 Å². The number of thiophene rings is 1. The van der Waals surface area contributed by atoms with E-state index < -0.39 is 5.97 Å². The number of morpholine rings is 1. The number of hydrogen-bond acceptors (Lipinski definition) is 7. The lowest BCUT2D eigenvalue weighted by Gasteiger charge is -2.26. The smallest absolute Gasteiger partial charge is 0.333 e. The molecule has 27 heavy (non-hydrogen) atoms. The second-order valence-electron chi connectivity index (χ2n) is 5.75. The summed E-state index contributed by atoms with van der Waals surface area (Å²) >= 11 is 2.69. The monoisotopic (exact) mass is 408 g/mol. The van der Waals surface area contributed by atoms with E-state index in [4.69, 9.17) is 9.47 Å². The molecule has 0 aromatic carbocycles. The molecule has 1 amide bonds. The fraction of sp³-hybridized carbons (Fsp3) is 0.389. The van der Waals surface area contributed by atoms with E-state index in [1.54, 1.807) is 17.9 Å². The Labute approximate surface area is 163 Å². The van der Waals surface area contributed by atoms with Gasteiger partial charge < -0.3 is 14.4 Å². The summed E-state index contributed by atoms with van der Waals surface area (Å²) in [7, 11) is 0. The number of hydrogen-bond donors (Lipinski definition) is 0. The zero-order valence-corrected chi connectivity index (χ0v) is 16.5. The van der Waals surface area contributed by atoms with E-state index in [2.05, 4.69) is 0 Å². The van der Waals surface area contributed by atoms with Crippen molar-refractivity contribution >= 4 is 46.7 Å². The van der Waals surface area contributed by atoms with Crippen molar-refractivity contribution in [1.29, 1.82) is 0 Å². The van der Waals surface area contributed by atoms with Crippen molar-refractivity contribution in [3.8, 4) is 0 Å². The zero-order valence-electron chi connectivity index (χ0n) is 14.9. The van der Waals surface area contributed by atoms with Gasteiger partial charge in [0.2, 0.25) is 5.91 Å². The van der Waals surface area contributed by atoms with Crippen LogP contribution in [0, 0.1) is 0 Å². The van der Waals surface area contributed by atoms with Crippen molar-refractivity contribution in [2.24, 2.45) is 0 Å². The Morgan fingerprint density at radius 1 is 1.33 bits per heavy atom. The number of amides is 1. The fourth-order valence-electron chi connectivity index (χ4n) is 2.63. The average molecular weight is 409 g/mol. The van der Waals surface area contributed by atoms with Crippen LogP contribution in [-0.4, -0.2) is 54.3 Å². The molecule has 0 aliphatic carbocycles. The molecule has 0 spiro atoms. The Bertz CT molecular complexity index is 969. The molecule has 0 bridgehead atoms. The molecule has 1 saturated heterocycles. The van der Waals surface area contributed by atoms with E-state index >= 15 is 0 Å². The Balaban J connectivity index is 1.99. The number of rotatable bonds is 5. The van der Waals surface area contributed by atoms with E-state index in [0.29, 0.717) is 35.5 Å². The molecule has 2 aromatic heterocycles. The lowest BCUT2D eigenvalue weighted by molar-refractivity contribution is -0.136. The summed E-state index contributed by atoms with van der Waals surface area (Å²) in [5.74, 6) is -0.701. The number of carbonyl (C=O) groups excluding carboxylic acids is 2. The highest BCUT2D eigenvalue weighted by Crippen LogP contribution is 2.08. The molecule has 7 nitrogen and oxygen atoms in total. The second kappa shape index (κ2) is 9.12. The van der Waals surface area contributed by atoms with Gasteiger partial charge in [0.25, 0.3) is 5.56 Å². The van der Waals surface area contributed by atoms with Crippen LogP contribution in [0.25, 0.3) is 12.2 Å². The zero-order chi connectivity index (χ0) is 19.2. The summed E-state index contributed by atoms with van der Waals surface area (Å²) in [4.78, 5) is 39.9. The van der Waals surface area contributed by atoms with Crippen LogP contribution >= 0.6 is 22.7 Å². The first kappa shape index (κ1) is 19.5. The molecular formula is C18H20N2O5S2. The van der Waals surface area contributed by atoms with Crippen molar-refractivity contribution in [3.05, 3.63) is 41.9 Å². The summed E-state index contributed by atoms with van der Waals surface area (Å²) in [6.45, 7) is 3.83.